The molecule has 28 heavy (non-hydrogen) atoms. The number of fused-ring (bicyclic) bond motifs is 1. The predicted molar refractivity (Wildman–Crippen MR) is 102 cm³/mol. The number of benzene rings is 2. The van der Waals surface area contributed by atoms with Gasteiger partial charge in [-0.3, -0.25) is 9.59 Å². The summed E-state index contributed by atoms with van der Waals surface area (Å²) in [5, 5.41) is 2.78. The van der Waals surface area contributed by atoms with Crippen molar-refractivity contribution < 1.29 is 18.4 Å². The molecule has 2 aromatic carbocycles. The molecular weight excluding hydrogens is 359 g/mol. The van der Waals surface area contributed by atoms with E-state index < -0.39 is 11.9 Å². The number of anilines is 1. The first-order chi connectivity index (χ1) is 13.5. The van der Waals surface area contributed by atoms with E-state index >= 15 is 0 Å². The van der Waals surface area contributed by atoms with E-state index in [0.717, 1.165) is 16.7 Å². The molecule has 0 aliphatic carbocycles. The number of furan rings is 1. The van der Waals surface area contributed by atoms with Crippen molar-refractivity contribution >= 4 is 17.5 Å². The van der Waals surface area contributed by atoms with Crippen molar-refractivity contribution in [3.8, 4) is 0 Å². The fraction of sp³-hybridized carbons (Fsp3) is 0.182. The van der Waals surface area contributed by atoms with E-state index in [4.69, 9.17) is 4.42 Å². The molecule has 4 rings (SSSR count). The van der Waals surface area contributed by atoms with Gasteiger partial charge in [0.1, 0.15) is 11.9 Å². The van der Waals surface area contributed by atoms with Crippen molar-refractivity contribution in [1.29, 1.82) is 0 Å². The van der Waals surface area contributed by atoms with E-state index in [1.165, 1.54) is 23.3 Å². The summed E-state index contributed by atoms with van der Waals surface area (Å²) in [6.45, 7) is 2.09. The lowest BCUT2D eigenvalue weighted by molar-refractivity contribution is -0.121. The Bertz CT molecular complexity index is 1030. The van der Waals surface area contributed by atoms with Crippen LogP contribution in [0.1, 0.15) is 27.2 Å². The van der Waals surface area contributed by atoms with Gasteiger partial charge in [0.05, 0.1) is 6.26 Å². The Morgan fingerprint density at radius 2 is 1.89 bits per heavy atom. The molecule has 3 aromatic rings. The van der Waals surface area contributed by atoms with Gasteiger partial charge in [0.2, 0.25) is 5.91 Å². The number of hydrogen-bond acceptors (Lipinski definition) is 3. The molecule has 6 heteroatoms. The van der Waals surface area contributed by atoms with E-state index in [1.807, 2.05) is 24.3 Å². The van der Waals surface area contributed by atoms with Crippen LogP contribution < -0.4 is 5.32 Å². The smallest absolute Gasteiger partial charge is 0.290 e. The Morgan fingerprint density at radius 1 is 1.11 bits per heavy atom. The lowest BCUT2D eigenvalue weighted by atomic mass is 9.93. The fourth-order valence-electron chi connectivity index (χ4n) is 3.46. The minimum atomic E-state index is -0.727. The minimum Gasteiger partial charge on any atom is -0.459 e. The fourth-order valence-corrected chi connectivity index (χ4v) is 3.46. The standard InChI is InChI=1S/C22H19FN2O3/c1-14-8-9-17(23)12-18(14)24-21(26)19-11-15-5-2-3-6-16(15)13-25(19)22(27)20-7-4-10-28-20/h2-10,12,19H,11,13H2,1H3,(H,24,26)/t19-/m1/s1. The Labute approximate surface area is 161 Å². The maximum absolute atomic E-state index is 13.6. The summed E-state index contributed by atoms with van der Waals surface area (Å²) in [5.41, 5.74) is 3.15. The second kappa shape index (κ2) is 7.31. The van der Waals surface area contributed by atoms with Crippen molar-refractivity contribution in [1.82, 2.24) is 4.90 Å². The van der Waals surface area contributed by atoms with Gasteiger partial charge >= 0.3 is 0 Å². The zero-order valence-electron chi connectivity index (χ0n) is 15.3. The number of amides is 2. The molecule has 2 heterocycles. The van der Waals surface area contributed by atoms with Gasteiger partial charge < -0.3 is 14.6 Å². The highest BCUT2D eigenvalue weighted by Gasteiger charge is 2.36. The summed E-state index contributed by atoms with van der Waals surface area (Å²) in [7, 11) is 0. The third kappa shape index (κ3) is 3.41. The van der Waals surface area contributed by atoms with Gasteiger partial charge in [-0.1, -0.05) is 30.3 Å². The zero-order chi connectivity index (χ0) is 19.7. The molecule has 0 unspecified atom stereocenters. The second-order valence-electron chi connectivity index (χ2n) is 6.85. The second-order valence-corrected chi connectivity index (χ2v) is 6.85. The van der Waals surface area contributed by atoms with Gasteiger partial charge in [-0.05, 0) is 47.9 Å². The first kappa shape index (κ1) is 18.0. The number of nitrogens with one attached hydrogen (secondary N) is 1. The first-order valence-electron chi connectivity index (χ1n) is 9.01. The summed E-state index contributed by atoms with van der Waals surface area (Å²) in [5.74, 6) is -0.962. The average Bonchev–Trinajstić information content (AvgIpc) is 3.24. The van der Waals surface area contributed by atoms with Crippen LogP contribution in [0, 0.1) is 12.7 Å². The van der Waals surface area contributed by atoms with E-state index in [0.29, 0.717) is 18.7 Å². The van der Waals surface area contributed by atoms with Gasteiger partial charge in [0.15, 0.2) is 5.76 Å². The Hall–Kier alpha value is -3.41. The summed E-state index contributed by atoms with van der Waals surface area (Å²) in [6.07, 6.45) is 1.80. The molecule has 0 saturated carbocycles. The summed E-state index contributed by atoms with van der Waals surface area (Å²) < 4.78 is 18.8. The van der Waals surface area contributed by atoms with Gasteiger partial charge in [0.25, 0.3) is 5.91 Å². The lowest BCUT2D eigenvalue weighted by Gasteiger charge is -2.35. The highest BCUT2D eigenvalue weighted by atomic mass is 19.1. The highest BCUT2D eigenvalue weighted by molar-refractivity contribution is 6.01. The van der Waals surface area contributed by atoms with Gasteiger partial charge in [-0.2, -0.15) is 0 Å². The van der Waals surface area contributed by atoms with Gasteiger partial charge in [-0.15, -0.1) is 0 Å². The number of rotatable bonds is 3. The molecule has 0 fully saturated rings. The lowest BCUT2D eigenvalue weighted by Crippen LogP contribution is -2.50. The van der Waals surface area contributed by atoms with Crippen LogP contribution in [0.25, 0.3) is 0 Å². The molecule has 2 amide bonds. The molecule has 142 valence electrons. The van der Waals surface area contributed by atoms with Crippen LogP contribution in [0.15, 0.2) is 65.3 Å². The monoisotopic (exact) mass is 378 g/mol. The third-order valence-corrected chi connectivity index (χ3v) is 5.00. The minimum absolute atomic E-state index is 0.180. The molecule has 1 atom stereocenters. The molecule has 1 aliphatic rings. The zero-order valence-corrected chi connectivity index (χ0v) is 15.3. The quantitative estimate of drug-likeness (QED) is 0.751. The predicted octanol–water partition coefficient (Wildman–Crippen LogP) is 3.93. The molecule has 0 bridgehead atoms. The number of hydrogen-bond donors (Lipinski definition) is 1. The third-order valence-electron chi connectivity index (χ3n) is 5.00. The number of aryl methyl sites for hydroxylation is 1. The van der Waals surface area contributed by atoms with E-state index in [2.05, 4.69) is 5.32 Å². The summed E-state index contributed by atoms with van der Waals surface area (Å²) >= 11 is 0. The summed E-state index contributed by atoms with van der Waals surface area (Å²) in [4.78, 5) is 27.5. The highest BCUT2D eigenvalue weighted by Crippen LogP contribution is 2.26. The molecule has 1 aliphatic heterocycles. The average molecular weight is 378 g/mol. The Balaban J connectivity index is 1.66. The van der Waals surface area contributed by atoms with Crippen LogP contribution in [0.2, 0.25) is 0 Å². The van der Waals surface area contributed by atoms with Crippen molar-refractivity contribution in [3.63, 3.8) is 0 Å². The maximum atomic E-state index is 13.6. The number of carbonyl (C=O) groups excluding carboxylic acids is 2. The van der Waals surface area contributed by atoms with Crippen molar-refractivity contribution in [2.75, 3.05) is 5.32 Å². The van der Waals surface area contributed by atoms with Crippen LogP contribution in [-0.4, -0.2) is 22.8 Å². The molecule has 0 spiro atoms. The van der Waals surface area contributed by atoms with Crippen LogP contribution in [0.3, 0.4) is 0 Å². The van der Waals surface area contributed by atoms with Crippen molar-refractivity contribution in [3.05, 3.63) is 89.1 Å². The number of halogens is 1. The molecule has 0 saturated heterocycles. The number of nitrogens with zero attached hydrogens (tertiary/aromatic N) is 1. The van der Waals surface area contributed by atoms with Crippen LogP contribution in [0.4, 0.5) is 10.1 Å². The van der Waals surface area contributed by atoms with Crippen LogP contribution in [-0.2, 0) is 17.8 Å². The largest absolute Gasteiger partial charge is 0.459 e. The molecule has 1 aromatic heterocycles. The maximum Gasteiger partial charge on any atom is 0.290 e. The van der Waals surface area contributed by atoms with E-state index in [-0.39, 0.29) is 17.6 Å². The van der Waals surface area contributed by atoms with E-state index in [1.54, 1.807) is 25.1 Å². The van der Waals surface area contributed by atoms with Gasteiger partial charge in [0, 0.05) is 18.7 Å². The van der Waals surface area contributed by atoms with Crippen molar-refractivity contribution in [2.45, 2.75) is 25.9 Å². The summed E-state index contributed by atoms with van der Waals surface area (Å²) in [6, 6.07) is 14.4. The molecule has 1 N–H and O–H groups in total. The van der Waals surface area contributed by atoms with Crippen LogP contribution in [0.5, 0.6) is 0 Å². The molecule has 5 nitrogen and oxygen atoms in total. The molecule has 0 radical (unpaired) electrons. The first-order valence-corrected chi connectivity index (χ1v) is 9.01. The van der Waals surface area contributed by atoms with E-state index in [9.17, 15) is 14.0 Å². The SMILES string of the molecule is Cc1ccc(F)cc1NC(=O)[C@H]1Cc2ccccc2CN1C(=O)c1ccco1. The number of carbonyl (C=O) groups is 2. The Morgan fingerprint density at radius 3 is 2.64 bits per heavy atom. The van der Waals surface area contributed by atoms with Crippen LogP contribution >= 0.6 is 0 Å². The van der Waals surface area contributed by atoms with Crippen molar-refractivity contribution in [2.24, 2.45) is 0 Å². The van der Waals surface area contributed by atoms with Gasteiger partial charge in [-0.25, -0.2) is 4.39 Å². The Kier molecular flexibility index (Phi) is 4.69. The normalized spacial score (nSPS) is 15.8. The molecular formula is C22H19FN2O3. The topological polar surface area (TPSA) is 62.6 Å².